The van der Waals surface area contributed by atoms with E-state index >= 15 is 0 Å². The normalized spacial score (nSPS) is 14.1. The minimum atomic E-state index is -0.187. The van der Waals surface area contributed by atoms with Crippen LogP contribution in [0.4, 0.5) is 5.69 Å². The molecule has 0 saturated carbocycles. The van der Waals surface area contributed by atoms with E-state index in [2.05, 4.69) is 19.2 Å². The molecular weight excluding hydrogens is 216 g/mol. The first-order chi connectivity index (χ1) is 7.95. The van der Waals surface area contributed by atoms with E-state index in [4.69, 9.17) is 5.73 Å². The van der Waals surface area contributed by atoms with Gasteiger partial charge in [-0.3, -0.25) is 4.79 Å². The Labute approximate surface area is 102 Å². The molecule has 0 radical (unpaired) electrons. The number of benzene rings is 1. The lowest BCUT2D eigenvalue weighted by molar-refractivity contribution is 0.0928. The lowest BCUT2D eigenvalue weighted by Gasteiger charge is -2.19. The van der Waals surface area contributed by atoms with Crippen LogP contribution >= 0.6 is 0 Å². The monoisotopic (exact) mass is 236 g/mol. The molecule has 1 aromatic rings. The number of amides is 1. The van der Waals surface area contributed by atoms with Crippen LogP contribution in [0.25, 0.3) is 0 Å². The Morgan fingerprint density at radius 1 is 1.47 bits per heavy atom. The quantitative estimate of drug-likeness (QED) is 0.554. The van der Waals surface area contributed by atoms with E-state index in [0.29, 0.717) is 11.5 Å². The fourth-order valence-electron chi connectivity index (χ4n) is 1.47. The van der Waals surface area contributed by atoms with E-state index < -0.39 is 0 Å². The highest BCUT2D eigenvalue weighted by Crippen LogP contribution is 2.20. The van der Waals surface area contributed by atoms with Crippen molar-refractivity contribution in [3.63, 3.8) is 0 Å². The second kappa shape index (κ2) is 5.57. The van der Waals surface area contributed by atoms with Crippen LogP contribution in [0.5, 0.6) is 5.75 Å². The molecule has 0 saturated heterocycles. The summed E-state index contributed by atoms with van der Waals surface area (Å²) in [6.07, 6.45) is 1.01. The van der Waals surface area contributed by atoms with Crippen LogP contribution in [0, 0.1) is 5.92 Å². The van der Waals surface area contributed by atoms with Gasteiger partial charge in [-0.2, -0.15) is 0 Å². The van der Waals surface area contributed by atoms with Gasteiger partial charge in [0, 0.05) is 11.6 Å². The molecule has 0 aliphatic rings. The number of phenols is 1. The number of hydrogen-bond acceptors (Lipinski definition) is 3. The van der Waals surface area contributed by atoms with Crippen LogP contribution in [-0.4, -0.2) is 17.1 Å². The van der Waals surface area contributed by atoms with Crippen LogP contribution in [0.15, 0.2) is 18.2 Å². The van der Waals surface area contributed by atoms with Crippen molar-refractivity contribution in [3.8, 4) is 5.75 Å². The van der Waals surface area contributed by atoms with E-state index in [-0.39, 0.29) is 23.4 Å². The molecule has 1 aromatic carbocycles. The Hall–Kier alpha value is -1.71. The maximum Gasteiger partial charge on any atom is 0.251 e. The molecule has 0 aliphatic heterocycles. The van der Waals surface area contributed by atoms with Crippen LogP contribution in [0.3, 0.4) is 0 Å². The topological polar surface area (TPSA) is 75.4 Å². The average Bonchev–Trinajstić information content (AvgIpc) is 2.31. The zero-order valence-corrected chi connectivity index (χ0v) is 10.5. The predicted molar refractivity (Wildman–Crippen MR) is 68.9 cm³/mol. The van der Waals surface area contributed by atoms with Gasteiger partial charge in [0.25, 0.3) is 5.91 Å². The van der Waals surface area contributed by atoms with Crippen molar-refractivity contribution in [1.29, 1.82) is 0 Å². The molecule has 0 aliphatic carbocycles. The van der Waals surface area contributed by atoms with Crippen LogP contribution in [0.2, 0.25) is 0 Å². The van der Waals surface area contributed by atoms with Crippen molar-refractivity contribution >= 4 is 11.6 Å². The number of phenolic OH excluding ortho intramolecular Hbond substituents is 1. The number of hydrogen-bond donors (Lipinski definition) is 3. The molecule has 94 valence electrons. The first-order valence-electron chi connectivity index (χ1n) is 5.85. The highest BCUT2D eigenvalue weighted by atomic mass is 16.3. The van der Waals surface area contributed by atoms with Gasteiger partial charge in [0.2, 0.25) is 0 Å². The van der Waals surface area contributed by atoms with Crippen molar-refractivity contribution in [3.05, 3.63) is 23.8 Å². The van der Waals surface area contributed by atoms with Gasteiger partial charge in [0.15, 0.2) is 0 Å². The fourth-order valence-corrected chi connectivity index (χ4v) is 1.47. The molecule has 1 rings (SSSR count). The van der Waals surface area contributed by atoms with Gasteiger partial charge < -0.3 is 16.2 Å². The second-order valence-electron chi connectivity index (χ2n) is 4.42. The molecule has 0 heterocycles. The molecular formula is C13H20N2O2. The largest absolute Gasteiger partial charge is 0.506 e. The molecule has 2 atom stereocenters. The zero-order valence-electron chi connectivity index (χ0n) is 10.5. The molecule has 17 heavy (non-hydrogen) atoms. The maximum absolute atomic E-state index is 11.9. The number of aromatic hydroxyl groups is 1. The van der Waals surface area contributed by atoms with Gasteiger partial charge in [-0.25, -0.2) is 0 Å². The first kappa shape index (κ1) is 13.4. The summed E-state index contributed by atoms with van der Waals surface area (Å²) in [6, 6.07) is 4.62. The summed E-state index contributed by atoms with van der Waals surface area (Å²) < 4.78 is 0. The van der Waals surface area contributed by atoms with E-state index in [1.807, 2.05) is 6.92 Å². The van der Waals surface area contributed by atoms with E-state index in [1.165, 1.54) is 12.1 Å². The molecule has 4 nitrogen and oxygen atoms in total. The molecule has 0 spiro atoms. The average molecular weight is 236 g/mol. The molecule has 4 heteroatoms. The summed E-state index contributed by atoms with van der Waals surface area (Å²) in [6.45, 7) is 6.15. The van der Waals surface area contributed by atoms with Crippen molar-refractivity contribution in [2.24, 2.45) is 5.92 Å². The first-order valence-corrected chi connectivity index (χ1v) is 5.85. The molecule has 0 bridgehead atoms. The highest BCUT2D eigenvalue weighted by Gasteiger charge is 2.15. The number of anilines is 1. The Balaban J connectivity index is 2.73. The van der Waals surface area contributed by atoms with Gasteiger partial charge in [-0.15, -0.1) is 0 Å². The molecule has 4 N–H and O–H groups in total. The Morgan fingerprint density at radius 2 is 2.12 bits per heavy atom. The van der Waals surface area contributed by atoms with Crippen LogP contribution in [-0.2, 0) is 0 Å². The van der Waals surface area contributed by atoms with Crippen LogP contribution in [0.1, 0.15) is 37.6 Å². The SMILES string of the molecule is CCC(C)C(C)NC(=O)c1ccc(N)c(O)c1. The Bertz CT molecular complexity index is 404. The summed E-state index contributed by atoms with van der Waals surface area (Å²) in [5.74, 6) is 0.170. The predicted octanol–water partition coefficient (Wildman–Crippen LogP) is 2.14. The summed E-state index contributed by atoms with van der Waals surface area (Å²) >= 11 is 0. The molecule has 0 aromatic heterocycles. The molecule has 0 fully saturated rings. The van der Waals surface area contributed by atoms with Crippen molar-refractivity contribution in [1.82, 2.24) is 5.32 Å². The lowest BCUT2D eigenvalue weighted by Crippen LogP contribution is -2.36. The smallest absolute Gasteiger partial charge is 0.251 e. The minimum absolute atomic E-state index is 0.0613. The zero-order chi connectivity index (χ0) is 13.0. The summed E-state index contributed by atoms with van der Waals surface area (Å²) in [7, 11) is 0. The standard InChI is InChI=1S/C13H20N2O2/c1-4-8(2)9(3)15-13(17)10-5-6-11(14)12(16)7-10/h5-9,16H,4,14H2,1-3H3,(H,15,17). The number of carbonyl (C=O) groups is 1. The third kappa shape index (κ3) is 3.37. The van der Waals surface area contributed by atoms with Gasteiger partial charge in [-0.05, 0) is 31.0 Å². The lowest BCUT2D eigenvalue weighted by atomic mass is 10.0. The van der Waals surface area contributed by atoms with Crippen LogP contribution < -0.4 is 11.1 Å². The summed E-state index contributed by atoms with van der Waals surface area (Å²) in [5.41, 5.74) is 6.18. The third-order valence-corrected chi connectivity index (χ3v) is 3.15. The number of carbonyl (C=O) groups excluding carboxylic acids is 1. The van der Waals surface area contributed by atoms with E-state index in [1.54, 1.807) is 6.07 Å². The highest BCUT2D eigenvalue weighted by molar-refractivity contribution is 5.95. The number of nitrogens with two attached hydrogens (primary N) is 1. The number of rotatable bonds is 4. The van der Waals surface area contributed by atoms with E-state index in [0.717, 1.165) is 6.42 Å². The minimum Gasteiger partial charge on any atom is -0.506 e. The van der Waals surface area contributed by atoms with Gasteiger partial charge in [-0.1, -0.05) is 20.3 Å². The Kier molecular flexibility index (Phi) is 4.37. The molecule has 2 unspecified atom stereocenters. The Morgan fingerprint density at radius 3 is 2.65 bits per heavy atom. The molecule has 1 amide bonds. The third-order valence-electron chi connectivity index (χ3n) is 3.15. The maximum atomic E-state index is 11.9. The second-order valence-corrected chi connectivity index (χ2v) is 4.42. The fraction of sp³-hybridized carbons (Fsp3) is 0.462. The van der Waals surface area contributed by atoms with Crippen molar-refractivity contribution in [2.75, 3.05) is 5.73 Å². The number of nitrogens with one attached hydrogen (secondary N) is 1. The van der Waals surface area contributed by atoms with Gasteiger partial charge >= 0.3 is 0 Å². The van der Waals surface area contributed by atoms with Gasteiger partial charge in [0.1, 0.15) is 5.75 Å². The summed E-state index contributed by atoms with van der Waals surface area (Å²) in [5, 5.41) is 12.3. The van der Waals surface area contributed by atoms with Crippen molar-refractivity contribution in [2.45, 2.75) is 33.2 Å². The number of nitrogen functional groups attached to an aromatic ring is 1. The summed E-state index contributed by atoms with van der Waals surface area (Å²) in [4.78, 5) is 11.9. The van der Waals surface area contributed by atoms with Crippen molar-refractivity contribution < 1.29 is 9.90 Å². The van der Waals surface area contributed by atoms with E-state index in [9.17, 15) is 9.90 Å². The van der Waals surface area contributed by atoms with Gasteiger partial charge in [0.05, 0.1) is 5.69 Å².